The predicted octanol–water partition coefficient (Wildman–Crippen LogP) is 2.60. The van der Waals surface area contributed by atoms with Crippen LogP contribution in [0.5, 0.6) is 0 Å². The number of benzene rings is 1. The molecule has 1 aliphatic rings. The number of hydrogen-bond donors (Lipinski definition) is 2. The number of aromatic nitrogens is 4. The van der Waals surface area contributed by atoms with Gasteiger partial charge in [-0.25, -0.2) is 0 Å². The van der Waals surface area contributed by atoms with Crippen LogP contribution in [0.15, 0.2) is 28.9 Å². The fourth-order valence-electron chi connectivity index (χ4n) is 3.26. The van der Waals surface area contributed by atoms with Crippen molar-refractivity contribution >= 4 is 16.8 Å². The second kappa shape index (κ2) is 6.43. The smallest absolute Gasteiger partial charge is 0.258 e. The molecule has 0 unspecified atom stereocenters. The zero-order valence-electron chi connectivity index (χ0n) is 13.3. The van der Waals surface area contributed by atoms with Crippen LogP contribution in [0.4, 0.5) is 0 Å². The zero-order valence-corrected chi connectivity index (χ0v) is 13.3. The summed E-state index contributed by atoms with van der Waals surface area (Å²) in [4.78, 5) is 16.5. The van der Waals surface area contributed by atoms with Gasteiger partial charge in [0, 0.05) is 11.4 Å². The van der Waals surface area contributed by atoms with E-state index in [0.29, 0.717) is 11.7 Å². The fourth-order valence-corrected chi connectivity index (χ4v) is 3.26. The first-order valence-electron chi connectivity index (χ1n) is 8.34. The molecule has 0 atom stereocenters. The second-order valence-corrected chi connectivity index (χ2v) is 6.23. The number of H-pyrrole nitrogens is 1. The van der Waals surface area contributed by atoms with E-state index >= 15 is 0 Å². The molecule has 124 valence electrons. The van der Waals surface area contributed by atoms with E-state index in [4.69, 9.17) is 4.52 Å². The maximum Gasteiger partial charge on any atom is 0.258 e. The first-order chi connectivity index (χ1) is 11.8. The van der Waals surface area contributed by atoms with Crippen molar-refractivity contribution in [2.75, 3.05) is 0 Å². The van der Waals surface area contributed by atoms with E-state index in [2.05, 4.69) is 25.7 Å². The van der Waals surface area contributed by atoms with Crippen LogP contribution in [0.1, 0.15) is 37.9 Å². The highest BCUT2D eigenvalue weighted by atomic mass is 16.5. The molecule has 1 fully saturated rings. The summed E-state index contributed by atoms with van der Waals surface area (Å²) in [6, 6.07) is 6.02. The third-order valence-electron chi connectivity index (χ3n) is 4.47. The molecule has 0 radical (unpaired) electrons. The molecule has 1 aliphatic carbocycles. The number of hydrogen-bond acceptors (Lipinski definition) is 5. The number of rotatable bonds is 4. The van der Waals surface area contributed by atoms with Crippen molar-refractivity contribution in [2.24, 2.45) is 0 Å². The van der Waals surface area contributed by atoms with Crippen LogP contribution in [-0.4, -0.2) is 32.3 Å². The number of nitrogens with zero attached hydrogens (tertiary/aromatic N) is 3. The average Bonchev–Trinajstić information content (AvgIpc) is 3.24. The van der Waals surface area contributed by atoms with E-state index in [9.17, 15) is 4.79 Å². The Morgan fingerprint density at radius 3 is 3.04 bits per heavy atom. The van der Waals surface area contributed by atoms with Crippen LogP contribution in [0, 0.1) is 0 Å². The summed E-state index contributed by atoms with van der Waals surface area (Å²) in [5.41, 5.74) is 1.72. The highest BCUT2D eigenvalue weighted by Crippen LogP contribution is 2.26. The maximum atomic E-state index is 12.1. The Morgan fingerprint density at radius 1 is 1.29 bits per heavy atom. The summed E-state index contributed by atoms with van der Waals surface area (Å²) in [7, 11) is 0. The number of carbonyl (C=O) groups excluding carboxylic acids is 1. The third-order valence-corrected chi connectivity index (χ3v) is 4.47. The minimum Gasteiger partial charge on any atom is -0.353 e. The molecule has 2 aromatic heterocycles. The van der Waals surface area contributed by atoms with E-state index in [1.807, 2.05) is 18.2 Å². The van der Waals surface area contributed by atoms with Crippen molar-refractivity contribution in [3.63, 3.8) is 0 Å². The monoisotopic (exact) mass is 325 g/mol. The van der Waals surface area contributed by atoms with Crippen LogP contribution in [0.3, 0.4) is 0 Å². The predicted molar refractivity (Wildman–Crippen MR) is 88.1 cm³/mol. The highest BCUT2D eigenvalue weighted by Gasteiger charge is 2.18. The largest absolute Gasteiger partial charge is 0.353 e. The lowest BCUT2D eigenvalue weighted by atomic mass is 9.95. The van der Waals surface area contributed by atoms with Crippen LogP contribution in [0.2, 0.25) is 0 Å². The first kappa shape index (κ1) is 14.9. The Kier molecular flexibility index (Phi) is 3.98. The molecule has 7 heteroatoms. The van der Waals surface area contributed by atoms with E-state index < -0.39 is 0 Å². The standard InChI is InChI=1S/C17H19N5O2/c23-16(19-11-5-2-1-3-6-11)9-15-20-17(24-22-15)12-7-4-8-14-13(12)10-18-21-14/h4,7-8,10-11H,1-3,5-6,9H2,(H,18,21)(H,19,23). The Labute approximate surface area is 138 Å². The van der Waals surface area contributed by atoms with E-state index in [-0.39, 0.29) is 18.4 Å². The molecule has 1 saturated carbocycles. The number of aromatic amines is 1. The molecule has 0 aliphatic heterocycles. The van der Waals surface area contributed by atoms with Gasteiger partial charge in [0.2, 0.25) is 5.91 Å². The molecule has 0 bridgehead atoms. The normalized spacial score (nSPS) is 15.7. The van der Waals surface area contributed by atoms with Gasteiger partial charge in [0.05, 0.1) is 23.7 Å². The van der Waals surface area contributed by atoms with Crippen molar-refractivity contribution in [3.05, 3.63) is 30.2 Å². The van der Waals surface area contributed by atoms with Crippen molar-refractivity contribution in [2.45, 2.75) is 44.6 Å². The van der Waals surface area contributed by atoms with Crippen molar-refractivity contribution in [3.8, 4) is 11.5 Å². The van der Waals surface area contributed by atoms with Crippen LogP contribution >= 0.6 is 0 Å². The van der Waals surface area contributed by atoms with Gasteiger partial charge in [-0.15, -0.1) is 0 Å². The van der Waals surface area contributed by atoms with Gasteiger partial charge in [-0.3, -0.25) is 9.89 Å². The van der Waals surface area contributed by atoms with E-state index in [1.165, 1.54) is 19.3 Å². The topological polar surface area (TPSA) is 96.7 Å². The maximum absolute atomic E-state index is 12.1. The molecule has 2 N–H and O–H groups in total. The van der Waals surface area contributed by atoms with Gasteiger partial charge in [0.1, 0.15) is 0 Å². The molecular weight excluding hydrogens is 306 g/mol. The minimum atomic E-state index is -0.0456. The van der Waals surface area contributed by atoms with Crippen molar-refractivity contribution < 1.29 is 9.32 Å². The zero-order chi connectivity index (χ0) is 16.4. The number of amides is 1. The molecule has 4 rings (SSSR count). The van der Waals surface area contributed by atoms with Gasteiger partial charge in [-0.1, -0.05) is 30.5 Å². The molecule has 2 heterocycles. The molecule has 24 heavy (non-hydrogen) atoms. The Balaban J connectivity index is 1.46. The summed E-state index contributed by atoms with van der Waals surface area (Å²) in [6.45, 7) is 0. The van der Waals surface area contributed by atoms with Gasteiger partial charge >= 0.3 is 0 Å². The quantitative estimate of drug-likeness (QED) is 0.768. The Morgan fingerprint density at radius 2 is 2.17 bits per heavy atom. The Hall–Kier alpha value is -2.70. The molecule has 0 saturated heterocycles. The summed E-state index contributed by atoms with van der Waals surface area (Å²) in [6.07, 6.45) is 7.63. The number of nitrogens with one attached hydrogen (secondary N) is 2. The minimum absolute atomic E-state index is 0.0456. The van der Waals surface area contributed by atoms with Gasteiger partial charge < -0.3 is 9.84 Å². The SMILES string of the molecule is O=C(Cc1noc(-c2cccc3[nH]ncc23)n1)NC1CCCCC1. The Bertz CT molecular complexity index is 847. The molecule has 0 spiro atoms. The van der Waals surface area contributed by atoms with Crippen molar-refractivity contribution in [1.82, 2.24) is 25.7 Å². The molecule has 7 nitrogen and oxygen atoms in total. The lowest BCUT2D eigenvalue weighted by Crippen LogP contribution is -2.37. The lowest BCUT2D eigenvalue weighted by molar-refractivity contribution is -0.121. The van der Waals surface area contributed by atoms with Crippen LogP contribution in [-0.2, 0) is 11.2 Å². The second-order valence-electron chi connectivity index (χ2n) is 6.23. The van der Waals surface area contributed by atoms with Crippen molar-refractivity contribution in [1.29, 1.82) is 0 Å². The summed E-state index contributed by atoms with van der Waals surface area (Å²) < 4.78 is 5.34. The molecular formula is C17H19N5O2. The summed E-state index contributed by atoms with van der Waals surface area (Å²) >= 11 is 0. The molecule has 1 amide bonds. The van der Waals surface area contributed by atoms with Crippen LogP contribution < -0.4 is 5.32 Å². The number of fused-ring (bicyclic) bond motifs is 1. The van der Waals surface area contributed by atoms with Crippen LogP contribution in [0.25, 0.3) is 22.4 Å². The summed E-state index contributed by atoms with van der Waals surface area (Å²) in [5.74, 6) is 0.761. The van der Waals surface area contributed by atoms with Gasteiger partial charge in [-0.2, -0.15) is 10.1 Å². The van der Waals surface area contributed by atoms with E-state index in [0.717, 1.165) is 29.3 Å². The van der Waals surface area contributed by atoms with E-state index in [1.54, 1.807) is 6.20 Å². The highest BCUT2D eigenvalue weighted by molar-refractivity contribution is 5.91. The third kappa shape index (κ3) is 3.02. The number of carbonyl (C=O) groups is 1. The average molecular weight is 325 g/mol. The fraction of sp³-hybridized carbons (Fsp3) is 0.412. The molecule has 1 aromatic carbocycles. The van der Waals surface area contributed by atoms with Gasteiger partial charge in [0.25, 0.3) is 5.89 Å². The lowest BCUT2D eigenvalue weighted by Gasteiger charge is -2.22. The molecule has 3 aromatic rings. The van der Waals surface area contributed by atoms with Gasteiger partial charge in [-0.05, 0) is 25.0 Å². The van der Waals surface area contributed by atoms with Gasteiger partial charge in [0.15, 0.2) is 5.82 Å². The first-order valence-corrected chi connectivity index (χ1v) is 8.34. The summed E-state index contributed by atoms with van der Waals surface area (Å²) in [5, 5.41) is 14.9.